The van der Waals surface area contributed by atoms with Gasteiger partial charge in [0.1, 0.15) is 11.7 Å². The van der Waals surface area contributed by atoms with Crippen molar-refractivity contribution in [3.05, 3.63) is 78.2 Å². The number of nitrogens with zero attached hydrogens (tertiary/aromatic N) is 4. The summed E-state index contributed by atoms with van der Waals surface area (Å²) in [6, 6.07) is 17.3. The first kappa shape index (κ1) is 23.9. The summed E-state index contributed by atoms with van der Waals surface area (Å²) in [6.45, 7) is 5.66. The highest BCUT2D eigenvalue weighted by molar-refractivity contribution is 5.98. The Morgan fingerprint density at radius 1 is 1.15 bits per heavy atom. The lowest BCUT2D eigenvalue weighted by molar-refractivity contribution is 0.0324. The summed E-state index contributed by atoms with van der Waals surface area (Å²) >= 11 is 0. The fourth-order valence-electron chi connectivity index (χ4n) is 4.25. The normalized spacial score (nSPS) is 19.2. The van der Waals surface area contributed by atoms with Crippen molar-refractivity contribution in [3.63, 3.8) is 0 Å². The van der Waals surface area contributed by atoms with E-state index in [2.05, 4.69) is 21.8 Å². The van der Waals surface area contributed by atoms with Gasteiger partial charge >= 0.3 is 0 Å². The maximum Gasteiger partial charge on any atom is 0.259 e. The zero-order valence-corrected chi connectivity index (χ0v) is 20.0. The zero-order chi connectivity index (χ0) is 24.1. The van der Waals surface area contributed by atoms with Crippen molar-refractivity contribution in [2.45, 2.75) is 32.5 Å². The number of benzene rings is 1. The van der Waals surface area contributed by atoms with E-state index < -0.39 is 0 Å². The number of aliphatic hydroxyl groups is 1. The molecule has 1 aliphatic heterocycles. The van der Waals surface area contributed by atoms with Crippen LogP contribution in [0.15, 0.2) is 67.0 Å². The molecule has 2 aromatic heterocycles. The first-order valence-electron chi connectivity index (χ1n) is 11.7. The molecule has 0 aliphatic carbocycles. The quantitative estimate of drug-likeness (QED) is 0.582. The lowest BCUT2D eigenvalue weighted by Crippen LogP contribution is -2.49. The maximum absolute atomic E-state index is 13.6. The number of hydrogen-bond donors (Lipinski definition) is 1. The Balaban J connectivity index is 1.65. The summed E-state index contributed by atoms with van der Waals surface area (Å²) < 4.78 is 6.40. The van der Waals surface area contributed by atoms with Crippen LogP contribution in [0.25, 0.3) is 11.1 Å². The molecule has 0 unspecified atom stereocenters. The van der Waals surface area contributed by atoms with E-state index in [-0.39, 0.29) is 30.6 Å². The number of aliphatic hydroxyl groups excluding tert-OH is 1. The number of pyridine rings is 2. The number of carbonyl (C=O) groups is 1. The molecule has 0 fully saturated rings. The lowest BCUT2D eigenvalue weighted by atomic mass is 9.99. The smallest absolute Gasteiger partial charge is 0.259 e. The van der Waals surface area contributed by atoms with Crippen molar-refractivity contribution < 1.29 is 14.6 Å². The summed E-state index contributed by atoms with van der Waals surface area (Å²) in [5.74, 6) is 0.199. The number of ether oxygens (including phenoxy) is 1. The third kappa shape index (κ3) is 5.43. The van der Waals surface area contributed by atoms with Crippen LogP contribution in [-0.2, 0) is 6.54 Å². The molecule has 7 nitrogen and oxygen atoms in total. The molecule has 178 valence electrons. The molecule has 3 aromatic rings. The molecule has 34 heavy (non-hydrogen) atoms. The summed E-state index contributed by atoms with van der Waals surface area (Å²) in [6.07, 6.45) is 3.36. The first-order valence-corrected chi connectivity index (χ1v) is 11.7. The maximum atomic E-state index is 13.6. The molecule has 1 aliphatic rings. The third-order valence-corrected chi connectivity index (χ3v) is 6.28. The van der Waals surface area contributed by atoms with Crippen LogP contribution < -0.4 is 4.74 Å². The minimum absolute atomic E-state index is 0.0351. The monoisotopic (exact) mass is 460 g/mol. The molecular formula is C27H32N4O3. The zero-order valence-electron chi connectivity index (χ0n) is 20.0. The van der Waals surface area contributed by atoms with Gasteiger partial charge in [-0.3, -0.25) is 14.7 Å². The van der Waals surface area contributed by atoms with Gasteiger partial charge in [-0.05, 0) is 37.7 Å². The fraction of sp³-hybridized carbons (Fsp3) is 0.370. The van der Waals surface area contributed by atoms with Gasteiger partial charge in [-0.25, -0.2) is 4.98 Å². The predicted octanol–water partition coefficient (Wildman–Crippen LogP) is 3.50. The Labute approximate surface area is 201 Å². The summed E-state index contributed by atoms with van der Waals surface area (Å²) in [5.41, 5.74) is 3.24. The van der Waals surface area contributed by atoms with E-state index in [0.717, 1.165) is 16.8 Å². The summed E-state index contributed by atoms with van der Waals surface area (Å²) in [5, 5.41) is 9.85. The number of rotatable bonds is 7. The average Bonchev–Trinajstić information content (AvgIpc) is 2.86. The van der Waals surface area contributed by atoms with Gasteiger partial charge in [0.25, 0.3) is 5.91 Å². The molecule has 1 N–H and O–H groups in total. The largest absolute Gasteiger partial charge is 0.472 e. The Morgan fingerprint density at radius 3 is 2.62 bits per heavy atom. The first-order chi connectivity index (χ1) is 16.5. The van der Waals surface area contributed by atoms with Gasteiger partial charge in [-0.15, -0.1) is 0 Å². The van der Waals surface area contributed by atoms with Gasteiger partial charge in [-0.2, -0.15) is 0 Å². The SMILES string of the molecule is C[C@H]1CN([C@@H](C)CO)C(=O)c2cc(-c3ccccc3)cnc2O[C@H]1CN(C)Cc1ccccn1. The van der Waals surface area contributed by atoms with E-state index in [1.54, 1.807) is 17.3 Å². The molecule has 0 saturated heterocycles. The van der Waals surface area contributed by atoms with Crippen LogP contribution in [0.2, 0.25) is 0 Å². The second-order valence-corrected chi connectivity index (χ2v) is 9.08. The molecule has 0 saturated carbocycles. The van der Waals surface area contributed by atoms with Gasteiger partial charge in [0.05, 0.1) is 18.3 Å². The summed E-state index contributed by atoms with van der Waals surface area (Å²) in [7, 11) is 2.04. The van der Waals surface area contributed by atoms with Crippen LogP contribution >= 0.6 is 0 Å². The van der Waals surface area contributed by atoms with Crippen molar-refractivity contribution in [3.8, 4) is 17.0 Å². The number of hydrogen-bond acceptors (Lipinski definition) is 6. The molecule has 7 heteroatoms. The third-order valence-electron chi connectivity index (χ3n) is 6.28. The molecule has 1 amide bonds. The molecular weight excluding hydrogens is 428 g/mol. The van der Waals surface area contributed by atoms with Gasteiger partial charge in [0, 0.05) is 43.5 Å². The van der Waals surface area contributed by atoms with Gasteiger partial charge < -0.3 is 14.7 Å². The van der Waals surface area contributed by atoms with Crippen molar-refractivity contribution in [1.29, 1.82) is 0 Å². The van der Waals surface area contributed by atoms with Crippen LogP contribution in [0.1, 0.15) is 29.9 Å². The molecule has 3 atom stereocenters. The van der Waals surface area contributed by atoms with Crippen molar-refractivity contribution in [2.75, 3.05) is 26.7 Å². The van der Waals surface area contributed by atoms with Gasteiger partial charge in [0.15, 0.2) is 0 Å². The summed E-state index contributed by atoms with van der Waals surface area (Å²) in [4.78, 5) is 26.5. The minimum Gasteiger partial charge on any atom is -0.472 e. The topological polar surface area (TPSA) is 78.8 Å². The van der Waals surface area contributed by atoms with Crippen molar-refractivity contribution in [1.82, 2.24) is 19.8 Å². The number of fused-ring (bicyclic) bond motifs is 1. The predicted molar refractivity (Wildman–Crippen MR) is 131 cm³/mol. The van der Waals surface area contributed by atoms with E-state index in [9.17, 15) is 9.90 Å². The number of amides is 1. The van der Waals surface area contributed by atoms with E-state index in [0.29, 0.717) is 31.1 Å². The lowest BCUT2D eigenvalue weighted by Gasteiger charge is -2.37. The Hall–Kier alpha value is -3.29. The number of aromatic nitrogens is 2. The van der Waals surface area contributed by atoms with Crippen LogP contribution in [0.4, 0.5) is 0 Å². The van der Waals surface area contributed by atoms with Crippen molar-refractivity contribution >= 4 is 5.91 Å². The molecule has 4 rings (SSSR count). The highest BCUT2D eigenvalue weighted by Gasteiger charge is 2.34. The Morgan fingerprint density at radius 2 is 1.91 bits per heavy atom. The van der Waals surface area contributed by atoms with Crippen LogP contribution in [0.3, 0.4) is 0 Å². The van der Waals surface area contributed by atoms with Gasteiger partial charge in [0.2, 0.25) is 5.88 Å². The van der Waals surface area contributed by atoms with E-state index in [4.69, 9.17) is 4.74 Å². The van der Waals surface area contributed by atoms with Crippen molar-refractivity contribution in [2.24, 2.45) is 5.92 Å². The van der Waals surface area contributed by atoms with E-state index >= 15 is 0 Å². The van der Waals surface area contributed by atoms with E-state index in [1.165, 1.54) is 0 Å². The number of carbonyl (C=O) groups excluding carboxylic acids is 1. The Bertz CT molecular complexity index is 1090. The second-order valence-electron chi connectivity index (χ2n) is 9.08. The molecule has 0 bridgehead atoms. The molecule has 0 radical (unpaired) electrons. The second kappa shape index (κ2) is 10.8. The minimum atomic E-state index is -0.312. The van der Waals surface area contributed by atoms with Gasteiger partial charge in [-0.1, -0.05) is 43.3 Å². The van der Waals surface area contributed by atoms with E-state index in [1.807, 2.05) is 68.6 Å². The highest BCUT2D eigenvalue weighted by Crippen LogP contribution is 2.30. The molecule has 3 heterocycles. The van der Waals surface area contributed by atoms with Crippen LogP contribution in [0.5, 0.6) is 5.88 Å². The standard InChI is InChI=1S/C27H32N4O3/c1-19-15-31(20(2)18-32)27(33)24-13-22(21-9-5-4-6-10-21)14-29-26(24)34-25(19)17-30(3)16-23-11-7-8-12-28-23/h4-14,19-20,25,32H,15-18H2,1-3H3/t19-,20-,25-/m0/s1. The van der Waals surface area contributed by atoms with Crippen LogP contribution in [-0.4, -0.2) is 69.7 Å². The number of likely N-dealkylation sites (N-methyl/N-ethyl adjacent to an activating group) is 1. The molecule has 0 spiro atoms. The highest BCUT2D eigenvalue weighted by atomic mass is 16.5. The van der Waals surface area contributed by atoms with Crippen LogP contribution in [0, 0.1) is 5.92 Å². The average molecular weight is 461 g/mol. The Kier molecular flexibility index (Phi) is 7.55. The molecule has 1 aromatic carbocycles. The fourth-order valence-corrected chi connectivity index (χ4v) is 4.25.